The molecule has 2 aromatic heterocycles. The lowest BCUT2D eigenvalue weighted by Gasteiger charge is -2.18. The van der Waals surface area contributed by atoms with Crippen LogP contribution in [0.3, 0.4) is 0 Å². The van der Waals surface area contributed by atoms with Crippen LogP contribution in [0.15, 0.2) is 30.6 Å². The van der Waals surface area contributed by atoms with E-state index in [0.29, 0.717) is 0 Å². The number of nitrogens with one attached hydrogen (secondary N) is 1. The second-order valence-electron chi connectivity index (χ2n) is 4.10. The Hall–Kier alpha value is -1.19. The predicted molar refractivity (Wildman–Crippen MR) is 73.6 cm³/mol. The summed E-state index contributed by atoms with van der Waals surface area (Å²) in [5.41, 5.74) is 2.66. The van der Waals surface area contributed by atoms with Crippen molar-refractivity contribution in [3.63, 3.8) is 0 Å². The van der Waals surface area contributed by atoms with Gasteiger partial charge in [0.2, 0.25) is 0 Å². The molecule has 2 nitrogen and oxygen atoms in total. The summed E-state index contributed by atoms with van der Waals surface area (Å²) in [4.78, 5) is 6.93. The first kappa shape index (κ1) is 12.3. The molecule has 0 spiro atoms. The molecule has 0 aliphatic heterocycles. The van der Waals surface area contributed by atoms with Gasteiger partial charge in [0.25, 0.3) is 0 Å². The highest BCUT2D eigenvalue weighted by molar-refractivity contribution is 7.12. The third-order valence-corrected chi connectivity index (χ3v) is 4.03. The van der Waals surface area contributed by atoms with E-state index in [1.165, 1.54) is 20.9 Å². The number of hydrogen-bond acceptors (Lipinski definition) is 3. The standard InChI is InChI=1S/C14H18N2S/c1-4-11-9-16-8-7-12(11)14(15-3)13-6-5-10(2)17-13/h5-9,14-15H,4H2,1-3H3. The van der Waals surface area contributed by atoms with Gasteiger partial charge in [-0.25, -0.2) is 0 Å². The lowest BCUT2D eigenvalue weighted by atomic mass is 10.00. The second kappa shape index (κ2) is 5.43. The van der Waals surface area contributed by atoms with Crippen molar-refractivity contribution in [2.24, 2.45) is 0 Å². The molecule has 0 aliphatic rings. The molecule has 90 valence electrons. The fraction of sp³-hybridized carbons (Fsp3) is 0.357. The molecule has 2 heterocycles. The fourth-order valence-electron chi connectivity index (χ4n) is 2.07. The Morgan fingerprint density at radius 2 is 2.18 bits per heavy atom. The van der Waals surface area contributed by atoms with Crippen LogP contribution in [0.25, 0.3) is 0 Å². The van der Waals surface area contributed by atoms with Crippen LogP contribution in [0, 0.1) is 6.92 Å². The van der Waals surface area contributed by atoms with Crippen LogP contribution in [0.5, 0.6) is 0 Å². The molecular formula is C14H18N2S. The first-order valence-corrected chi connectivity index (χ1v) is 6.74. The molecule has 17 heavy (non-hydrogen) atoms. The van der Waals surface area contributed by atoms with Crippen LogP contribution in [-0.2, 0) is 6.42 Å². The van der Waals surface area contributed by atoms with Gasteiger partial charge in [-0.15, -0.1) is 11.3 Å². The van der Waals surface area contributed by atoms with Gasteiger partial charge in [0.05, 0.1) is 6.04 Å². The van der Waals surface area contributed by atoms with Crippen LogP contribution < -0.4 is 5.32 Å². The maximum absolute atomic E-state index is 4.21. The van der Waals surface area contributed by atoms with Crippen molar-refractivity contribution in [1.82, 2.24) is 10.3 Å². The molecule has 0 saturated carbocycles. The van der Waals surface area contributed by atoms with Crippen LogP contribution >= 0.6 is 11.3 Å². The van der Waals surface area contributed by atoms with Crippen LogP contribution in [0.2, 0.25) is 0 Å². The van der Waals surface area contributed by atoms with Crippen LogP contribution in [0.1, 0.15) is 33.8 Å². The lowest BCUT2D eigenvalue weighted by molar-refractivity contribution is 0.694. The Kier molecular flexibility index (Phi) is 3.92. The highest BCUT2D eigenvalue weighted by atomic mass is 32.1. The van der Waals surface area contributed by atoms with Gasteiger partial charge in [0, 0.05) is 22.1 Å². The van der Waals surface area contributed by atoms with Crippen molar-refractivity contribution in [3.05, 3.63) is 51.5 Å². The van der Waals surface area contributed by atoms with Gasteiger partial charge in [0.15, 0.2) is 0 Å². The van der Waals surface area contributed by atoms with Crippen molar-refractivity contribution < 1.29 is 0 Å². The molecule has 0 saturated heterocycles. The van der Waals surface area contributed by atoms with E-state index in [-0.39, 0.29) is 6.04 Å². The molecule has 0 aliphatic carbocycles. The van der Waals surface area contributed by atoms with Gasteiger partial charge in [-0.05, 0) is 49.7 Å². The van der Waals surface area contributed by atoms with Crippen molar-refractivity contribution in [3.8, 4) is 0 Å². The Morgan fingerprint density at radius 3 is 2.76 bits per heavy atom. The summed E-state index contributed by atoms with van der Waals surface area (Å²) in [6.45, 7) is 4.32. The topological polar surface area (TPSA) is 24.9 Å². The van der Waals surface area contributed by atoms with Gasteiger partial charge in [-0.1, -0.05) is 6.92 Å². The van der Waals surface area contributed by atoms with Gasteiger partial charge in [-0.3, -0.25) is 4.98 Å². The Bertz CT molecular complexity index is 490. The number of rotatable bonds is 4. The summed E-state index contributed by atoms with van der Waals surface area (Å²) in [5, 5.41) is 3.41. The minimum Gasteiger partial charge on any atom is -0.309 e. The number of thiophene rings is 1. The molecule has 3 heteroatoms. The van der Waals surface area contributed by atoms with Crippen molar-refractivity contribution in [2.75, 3.05) is 7.05 Å². The van der Waals surface area contributed by atoms with Gasteiger partial charge in [-0.2, -0.15) is 0 Å². The number of pyridine rings is 1. The summed E-state index contributed by atoms with van der Waals surface area (Å²) in [7, 11) is 2.01. The first-order valence-electron chi connectivity index (χ1n) is 5.92. The van der Waals surface area contributed by atoms with Gasteiger partial charge >= 0.3 is 0 Å². The van der Waals surface area contributed by atoms with Gasteiger partial charge < -0.3 is 5.32 Å². The first-order chi connectivity index (χ1) is 8.26. The Morgan fingerprint density at radius 1 is 1.35 bits per heavy atom. The van der Waals surface area contributed by atoms with E-state index in [1.807, 2.05) is 30.8 Å². The highest BCUT2D eigenvalue weighted by Gasteiger charge is 2.16. The molecule has 0 aromatic carbocycles. The minimum atomic E-state index is 0.284. The third kappa shape index (κ3) is 2.56. The van der Waals surface area contributed by atoms with E-state index in [4.69, 9.17) is 0 Å². The largest absolute Gasteiger partial charge is 0.309 e. The maximum atomic E-state index is 4.21. The second-order valence-corrected chi connectivity index (χ2v) is 5.42. The number of hydrogen-bond donors (Lipinski definition) is 1. The van der Waals surface area contributed by atoms with E-state index in [1.54, 1.807) is 0 Å². The fourth-order valence-corrected chi connectivity index (χ4v) is 3.08. The maximum Gasteiger partial charge on any atom is 0.0672 e. The SMILES string of the molecule is CCc1cnccc1C(NC)c1ccc(C)s1. The normalized spacial score (nSPS) is 12.6. The monoisotopic (exact) mass is 246 g/mol. The molecule has 1 atom stereocenters. The van der Waals surface area contributed by atoms with E-state index >= 15 is 0 Å². The van der Waals surface area contributed by atoms with E-state index in [2.05, 4.69) is 42.3 Å². The molecule has 1 N–H and O–H groups in total. The zero-order valence-corrected chi connectivity index (χ0v) is 11.3. The molecule has 2 rings (SSSR count). The zero-order chi connectivity index (χ0) is 12.3. The average Bonchev–Trinajstić information content (AvgIpc) is 2.77. The average molecular weight is 246 g/mol. The summed E-state index contributed by atoms with van der Waals surface area (Å²) >= 11 is 1.85. The lowest BCUT2D eigenvalue weighted by Crippen LogP contribution is -2.18. The summed E-state index contributed by atoms with van der Waals surface area (Å²) in [6, 6.07) is 6.79. The Labute approximate surface area is 107 Å². The number of nitrogens with zero attached hydrogens (tertiary/aromatic N) is 1. The van der Waals surface area contributed by atoms with Crippen molar-refractivity contribution >= 4 is 11.3 Å². The summed E-state index contributed by atoms with van der Waals surface area (Å²) in [5.74, 6) is 0. The quantitative estimate of drug-likeness (QED) is 0.895. The molecule has 0 amide bonds. The summed E-state index contributed by atoms with van der Waals surface area (Å²) < 4.78 is 0. The molecule has 0 radical (unpaired) electrons. The van der Waals surface area contributed by atoms with Gasteiger partial charge in [0.1, 0.15) is 0 Å². The number of aromatic nitrogens is 1. The van der Waals surface area contributed by atoms with E-state index < -0.39 is 0 Å². The predicted octanol–water partition coefficient (Wildman–Crippen LogP) is 3.32. The Balaban J connectivity index is 2.41. The smallest absolute Gasteiger partial charge is 0.0672 e. The molecule has 2 aromatic rings. The summed E-state index contributed by atoms with van der Waals surface area (Å²) in [6.07, 6.45) is 4.87. The van der Waals surface area contributed by atoms with Crippen LogP contribution in [0.4, 0.5) is 0 Å². The molecule has 1 unspecified atom stereocenters. The van der Waals surface area contributed by atoms with Crippen LogP contribution in [-0.4, -0.2) is 12.0 Å². The molecule has 0 fully saturated rings. The molecule has 0 bridgehead atoms. The minimum absolute atomic E-state index is 0.284. The zero-order valence-electron chi connectivity index (χ0n) is 10.5. The molecular weight excluding hydrogens is 228 g/mol. The van der Waals surface area contributed by atoms with E-state index in [0.717, 1.165) is 6.42 Å². The van der Waals surface area contributed by atoms with E-state index in [9.17, 15) is 0 Å². The van der Waals surface area contributed by atoms with Crippen molar-refractivity contribution in [1.29, 1.82) is 0 Å². The highest BCUT2D eigenvalue weighted by Crippen LogP contribution is 2.29. The number of aryl methyl sites for hydroxylation is 2. The third-order valence-electron chi connectivity index (χ3n) is 2.97. The van der Waals surface area contributed by atoms with Crippen molar-refractivity contribution in [2.45, 2.75) is 26.3 Å².